The fourth-order valence-electron chi connectivity index (χ4n) is 3.22. The summed E-state index contributed by atoms with van der Waals surface area (Å²) in [6.07, 6.45) is 2.17. The molecule has 16 heteroatoms. The zero-order valence-electron chi connectivity index (χ0n) is 18.1. The Hall–Kier alpha value is -4.41. The molecule has 0 radical (unpaired) electrons. The topological polar surface area (TPSA) is 193 Å². The molecule has 2 N–H and O–H groups in total. The van der Waals surface area contributed by atoms with Gasteiger partial charge in [0, 0.05) is 23.8 Å². The van der Waals surface area contributed by atoms with E-state index in [1.54, 1.807) is 0 Å². The molecule has 0 bridgehead atoms. The number of carboxylic acids is 1. The Morgan fingerprint density at radius 2 is 1.83 bits per heavy atom. The van der Waals surface area contributed by atoms with Gasteiger partial charge in [0.2, 0.25) is 5.79 Å². The zero-order chi connectivity index (χ0) is 26.5. The molecule has 14 nitrogen and oxygen atoms in total. The molecule has 1 aliphatic heterocycles. The van der Waals surface area contributed by atoms with Crippen LogP contribution in [0, 0.1) is 31.9 Å². The molecule has 2 heterocycles. The molecule has 0 spiro atoms. The van der Waals surface area contributed by atoms with Gasteiger partial charge in [0.1, 0.15) is 36.9 Å². The van der Waals surface area contributed by atoms with Gasteiger partial charge in [-0.05, 0) is 12.1 Å². The standard InChI is InChI=1S/C13H13F2N3O3.C7H4N2O6/c14-9-1-2-11(12(15)3-9)13(6-18-8-16-7-17-18)20-5-10(4-19)21-13;10-7(11)4-1-5(8(12)13)3-6(2-4)9(14)15/h1-3,7-8,10,19H,4-6H2;1-3H,(H,10,11). The van der Waals surface area contributed by atoms with Crippen molar-refractivity contribution < 1.29 is 43.1 Å². The summed E-state index contributed by atoms with van der Waals surface area (Å²) in [5, 5.41) is 42.4. The van der Waals surface area contributed by atoms with Gasteiger partial charge in [0.15, 0.2) is 0 Å². The van der Waals surface area contributed by atoms with Crippen LogP contribution in [0.2, 0.25) is 0 Å². The fourth-order valence-corrected chi connectivity index (χ4v) is 3.22. The van der Waals surface area contributed by atoms with Crippen molar-refractivity contribution in [3.63, 3.8) is 0 Å². The van der Waals surface area contributed by atoms with E-state index in [1.165, 1.54) is 23.4 Å². The van der Waals surface area contributed by atoms with Crippen LogP contribution in [-0.2, 0) is 21.8 Å². The van der Waals surface area contributed by atoms with Crippen LogP contribution in [0.4, 0.5) is 20.2 Å². The molecular weight excluding hydrogens is 492 g/mol. The van der Waals surface area contributed by atoms with E-state index in [2.05, 4.69) is 10.1 Å². The second-order valence-electron chi connectivity index (χ2n) is 7.26. The normalized spacial score (nSPS) is 18.8. The van der Waals surface area contributed by atoms with Crippen LogP contribution in [0.5, 0.6) is 0 Å². The molecule has 2 unspecified atom stereocenters. The van der Waals surface area contributed by atoms with Crippen molar-refractivity contribution in [2.75, 3.05) is 13.2 Å². The molecule has 36 heavy (non-hydrogen) atoms. The van der Waals surface area contributed by atoms with Gasteiger partial charge in [-0.15, -0.1) is 0 Å². The Kier molecular flexibility index (Phi) is 7.93. The summed E-state index contributed by atoms with van der Waals surface area (Å²) >= 11 is 0. The first-order valence-corrected chi connectivity index (χ1v) is 9.92. The Balaban J connectivity index is 0.000000214. The van der Waals surface area contributed by atoms with Gasteiger partial charge in [-0.25, -0.2) is 23.2 Å². The summed E-state index contributed by atoms with van der Waals surface area (Å²) in [5.41, 5.74) is -1.69. The van der Waals surface area contributed by atoms with Crippen LogP contribution in [0.25, 0.3) is 0 Å². The number of aromatic nitrogens is 3. The second kappa shape index (κ2) is 10.9. The SMILES string of the molecule is O=C(O)c1cc([N+](=O)[O-])cc([N+](=O)[O-])c1.OCC1COC(Cn2cncn2)(c2ccc(F)cc2F)O1. The Bertz CT molecular complexity index is 1200. The van der Waals surface area contributed by atoms with Crippen molar-refractivity contribution in [1.29, 1.82) is 0 Å². The Morgan fingerprint density at radius 1 is 1.17 bits per heavy atom. The number of non-ortho nitro benzene ring substituents is 2. The fraction of sp³-hybridized carbons (Fsp3) is 0.250. The minimum atomic E-state index is -1.47. The number of carbonyl (C=O) groups is 1. The first-order valence-electron chi connectivity index (χ1n) is 9.92. The first kappa shape index (κ1) is 26.2. The van der Waals surface area contributed by atoms with E-state index in [4.69, 9.17) is 14.6 Å². The predicted octanol–water partition coefficient (Wildman–Crippen LogP) is 2.02. The van der Waals surface area contributed by atoms with Crippen molar-refractivity contribution in [2.45, 2.75) is 18.4 Å². The van der Waals surface area contributed by atoms with Crippen molar-refractivity contribution in [1.82, 2.24) is 14.8 Å². The summed E-state index contributed by atoms with van der Waals surface area (Å²) < 4.78 is 39.9. The zero-order valence-corrected chi connectivity index (χ0v) is 18.1. The largest absolute Gasteiger partial charge is 0.478 e. The third kappa shape index (κ3) is 5.98. The molecule has 0 saturated carbocycles. The average molecular weight is 509 g/mol. The van der Waals surface area contributed by atoms with E-state index in [-0.39, 0.29) is 25.3 Å². The lowest BCUT2D eigenvalue weighted by molar-refractivity contribution is -0.394. The maximum atomic E-state index is 14.1. The molecule has 1 fully saturated rings. The van der Waals surface area contributed by atoms with E-state index < -0.39 is 56.3 Å². The number of hydrogen-bond acceptors (Lipinski definition) is 10. The number of benzene rings is 2. The molecular formula is C20H17F2N5O9. The summed E-state index contributed by atoms with van der Waals surface area (Å²) in [7, 11) is 0. The molecule has 1 saturated heterocycles. The Labute approximate surface area is 199 Å². The van der Waals surface area contributed by atoms with E-state index >= 15 is 0 Å². The third-order valence-electron chi connectivity index (χ3n) is 4.81. The van der Waals surface area contributed by atoms with E-state index in [1.807, 2.05) is 0 Å². The van der Waals surface area contributed by atoms with Crippen LogP contribution < -0.4 is 0 Å². The highest BCUT2D eigenvalue weighted by atomic mass is 19.1. The molecule has 190 valence electrons. The number of aliphatic hydroxyl groups excluding tert-OH is 1. The minimum Gasteiger partial charge on any atom is -0.478 e. The minimum absolute atomic E-state index is 0.0338. The monoisotopic (exact) mass is 509 g/mol. The van der Waals surface area contributed by atoms with Crippen molar-refractivity contribution >= 4 is 17.3 Å². The smallest absolute Gasteiger partial charge is 0.336 e. The van der Waals surface area contributed by atoms with Gasteiger partial charge >= 0.3 is 5.97 Å². The number of nitrogens with zero attached hydrogens (tertiary/aromatic N) is 5. The molecule has 2 atom stereocenters. The lowest BCUT2D eigenvalue weighted by atomic mass is 10.0. The molecule has 3 aromatic rings. The quantitative estimate of drug-likeness (QED) is 0.349. The van der Waals surface area contributed by atoms with E-state index in [9.17, 15) is 38.9 Å². The highest BCUT2D eigenvalue weighted by molar-refractivity contribution is 5.89. The van der Waals surface area contributed by atoms with Crippen molar-refractivity contribution in [2.24, 2.45) is 0 Å². The summed E-state index contributed by atoms with van der Waals surface area (Å²) in [6, 6.07) is 5.37. The van der Waals surface area contributed by atoms with Gasteiger partial charge < -0.3 is 19.7 Å². The number of carboxylic acid groups (broad SMARTS) is 1. The highest BCUT2D eigenvalue weighted by Crippen LogP contribution is 2.37. The molecule has 4 rings (SSSR count). The van der Waals surface area contributed by atoms with E-state index in [0.717, 1.165) is 24.3 Å². The molecule has 2 aromatic carbocycles. The third-order valence-corrected chi connectivity index (χ3v) is 4.81. The summed E-state index contributed by atoms with van der Waals surface area (Å²) in [4.78, 5) is 33.2. The van der Waals surface area contributed by atoms with Crippen LogP contribution in [0.3, 0.4) is 0 Å². The van der Waals surface area contributed by atoms with Crippen LogP contribution in [0.15, 0.2) is 49.1 Å². The molecule has 0 aliphatic carbocycles. The lowest BCUT2D eigenvalue weighted by Crippen LogP contribution is -2.35. The number of hydrogen-bond donors (Lipinski definition) is 2. The number of rotatable bonds is 7. The maximum Gasteiger partial charge on any atom is 0.336 e. The number of aromatic carboxylic acids is 1. The van der Waals surface area contributed by atoms with Crippen LogP contribution >= 0.6 is 0 Å². The van der Waals surface area contributed by atoms with Gasteiger partial charge in [-0.1, -0.05) is 0 Å². The number of aliphatic hydroxyl groups is 1. The van der Waals surface area contributed by atoms with Gasteiger partial charge in [0.05, 0.1) is 34.7 Å². The average Bonchev–Trinajstić information content (AvgIpc) is 3.49. The van der Waals surface area contributed by atoms with Gasteiger partial charge in [-0.3, -0.25) is 20.2 Å². The van der Waals surface area contributed by atoms with Crippen LogP contribution in [0.1, 0.15) is 15.9 Å². The lowest BCUT2D eigenvalue weighted by Gasteiger charge is -2.28. The van der Waals surface area contributed by atoms with Crippen molar-refractivity contribution in [3.05, 3.63) is 92.0 Å². The van der Waals surface area contributed by atoms with Gasteiger partial charge in [-0.2, -0.15) is 5.10 Å². The molecule has 0 amide bonds. The van der Waals surface area contributed by atoms with E-state index in [0.29, 0.717) is 6.07 Å². The van der Waals surface area contributed by atoms with Gasteiger partial charge in [0.25, 0.3) is 11.4 Å². The first-order chi connectivity index (χ1) is 17.0. The summed E-state index contributed by atoms with van der Waals surface area (Å²) in [5.74, 6) is -4.40. The summed E-state index contributed by atoms with van der Waals surface area (Å²) in [6.45, 7) is -0.129. The molecule has 1 aliphatic rings. The number of nitro groups is 2. The van der Waals surface area contributed by atoms with Crippen molar-refractivity contribution in [3.8, 4) is 0 Å². The van der Waals surface area contributed by atoms with Crippen LogP contribution in [-0.4, -0.2) is 60.1 Å². The maximum absolute atomic E-state index is 14.1. The second-order valence-corrected chi connectivity index (χ2v) is 7.26. The molecule has 1 aromatic heterocycles. The number of ether oxygens (including phenoxy) is 2. The Morgan fingerprint density at radius 3 is 2.31 bits per heavy atom. The predicted molar refractivity (Wildman–Crippen MR) is 113 cm³/mol. The number of halogens is 2. The highest BCUT2D eigenvalue weighted by Gasteiger charge is 2.45. The number of nitro benzene ring substituents is 2.